The molecule has 0 bridgehead atoms. The number of benzene rings is 1. The molecule has 0 saturated heterocycles. The summed E-state index contributed by atoms with van der Waals surface area (Å²) in [7, 11) is 1.60. The first-order valence-corrected chi connectivity index (χ1v) is 9.60. The quantitative estimate of drug-likeness (QED) is 0.403. The van der Waals surface area contributed by atoms with Crippen molar-refractivity contribution in [2.24, 2.45) is 5.92 Å². The minimum Gasteiger partial charge on any atom is -0.383 e. The summed E-state index contributed by atoms with van der Waals surface area (Å²) >= 11 is 1.38. The van der Waals surface area contributed by atoms with Gasteiger partial charge in [0.1, 0.15) is 0 Å². The molecule has 1 unspecified atom stereocenters. The standard InChI is InChI=1S/C19H26N2O3S/c1-24-12-11-20-18(22)14-25-17-10-6-5-9-16(17)19(23)21-13-15-7-3-2-4-8-15/h2-3,5-6,9-10,15H,4,7-8,11-14H2,1H3,(H,20,22)(H,21,23). The number of amides is 2. The lowest BCUT2D eigenvalue weighted by Gasteiger charge is -2.18. The van der Waals surface area contributed by atoms with Crippen LogP contribution in [0.15, 0.2) is 41.3 Å². The van der Waals surface area contributed by atoms with Crippen LogP contribution < -0.4 is 10.6 Å². The van der Waals surface area contributed by atoms with Gasteiger partial charge in [0.05, 0.1) is 17.9 Å². The van der Waals surface area contributed by atoms with E-state index in [-0.39, 0.29) is 17.6 Å². The van der Waals surface area contributed by atoms with Gasteiger partial charge in [-0.2, -0.15) is 0 Å². The highest BCUT2D eigenvalue weighted by Gasteiger charge is 2.15. The number of allylic oxidation sites excluding steroid dienone is 2. The van der Waals surface area contributed by atoms with Gasteiger partial charge in [0.15, 0.2) is 0 Å². The Labute approximate surface area is 153 Å². The zero-order valence-electron chi connectivity index (χ0n) is 14.6. The maximum Gasteiger partial charge on any atom is 0.252 e. The fourth-order valence-corrected chi connectivity index (χ4v) is 3.52. The Morgan fingerprint density at radius 3 is 2.84 bits per heavy atom. The molecule has 5 nitrogen and oxygen atoms in total. The van der Waals surface area contributed by atoms with Crippen molar-refractivity contribution in [3.05, 3.63) is 42.0 Å². The second kappa shape index (κ2) is 10.9. The number of carbonyl (C=O) groups excluding carboxylic acids is 2. The molecule has 0 aliphatic heterocycles. The highest BCUT2D eigenvalue weighted by molar-refractivity contribution is 8.00. The van der Waals surface area contributed by atoms with Gasteiger partial charge in [0.25, 0.3) is 5.91 Å². The summed E-state index contributed by atoms with van der Waals surface area (Å²) in [5.74, 6) is 0.658. The van der Waals surface area contributed by atoms with E-state index in [1.54, 1.807) is 13.2 Å². The van der Waals surface area contributed by atoms with Crippen LogP contribution in [-0.4, -0.2) is 44.4 Å². The van der Waals surface area contributed by atoms with E-state index < -0.39 is 0 Å². The second-order valence-electron chi connectivity index (χ2n) is 5.99. The lowest BCUT2D eigenvalue weighted by atomic mass is 9.94. The zero-order valence-corrected chi connectivity index (χ0v) is 15.4. The summed E-state index contributed by atoms with van der Waals surface area (Å²) < 4.78 is 4.90. The summed E-state index contributed by atoms with van der Waals surface area (Å²) in [4.78, 5) is 25.1. The monoisotopic (exact) mass is 362 g/mol. The van der Waals surface area contributed by atoms with Crippen LogP contribution >= 0.6 is 11.8 Å². The number of nitrogens with one attached hydrogen (secondary N) is 2. The Balaban J connectivity index is 1.84. The molecule has 2 N–H and O–H groups in total. The van der Waals surface area contributed by atoms with Crippen LogP contribution in [0.2, 0.25) is 0 Å². The van der Waals surface area contributed by atoms with Crippen LogP contribution in [0.3, 0.4) is 0 Å². The molecule has 1 aliphatic carbocycles. The second-order valence-corrected chi connectivity index (χ2v) is 7.01. The summed E-state index contributed by atoms with van der Waals surface area (Å²) in [6.07, 6.45) is 7.62. The van der Waals surface area contributed by atoms with Gasteiger partial charge in [-0.05, 0) is 37.3 Å². The van der Waals surface area contributed by atoms with Crippen molar-refractivity contribution in [1.29, 1.82) is 0 Å². The third-order valence-electron chi connectivity index (χ3n) is 4.05. The average molecular weight is 362 g/mol. The lowest BCUT2D eigenvalue weighted by Crippen LogP contribution is -2.30. The zero-order chi connectivity index (χ0) is 17.9. The van der Waals surface area contributed by atoms with E-state index in [0.717, 1.165) is 24.2 Å². The van der Waals surface area contributed by atoms with Crippen LogP contribution in [-0.2, 0) is 9.53 Å². The molecular formula is C19H26N2O3S. The highest BCUT2D eigenvalue weighted by Crippen LogP contribution is 2.23. The van der Waals surface area contributed by atoms with Gasteiger partial charge in [-0.1, -0.05) is 24.3 Å². The van der Waals surface area contributed by atoms with E-state index in [1.807, 2.05) is 18.2 Å². The number of hydrogen-bond acceptors (Lipinski definition) is 4. The number of thioether (sulfide) groups is 1. The normalized spacial score (nSPS) is 16.4. The fourth-order valence-electron chi connectivity index (χ4n) is 2.64. The van der Waals surface area contributed by atoms with Crippen molar-refractivity contribution in [1.82, 2.24) is 10.6 Å². The first-order valence-electron chi connectivity index (χ1n) is 8.61. The molecule has 1 aromatic rings. The molecule has 25 heavy (non-hydrogen) atoms. The molecule has 0 saturated carbocycles. The number of methoxy groups -OCH3 is 1. The fraction of sp³-hybridized carbons (Fsp3) is 0.474. The summed E-state index contributed by atoms with van der Waals surface area (Å²) in [5, 5.41) is 5.81. The maximum absolute atomic E-state index is 12.5. The van der Waals surface area contributed by atoms with Crippen LogP contribution in [0.5, 0.6) is 0 Å². The van der Waals surface area contributed by atoms with Crippen LogP contribution in [0.1, 0.15) is 29.6 Å². The molecule has 0 heterocycles. The van der Waals surface area contributed by atoms with Gasteiger partial charge >= 0.3 is 0 Å². The minimum atomic E-state index is -0.0718. The average Bonchev–Trinajstić information content (AvgIpc) is 2.66. The SMILES string of the molecule is COCCNC(=O)CSc1ccccc1C(=O)NCC1CC=CCC1. The molecule has 136 valence electrons. The van der Waals surface area contributed by atoms with Gasteiger partial charge < -0.3 is 15.4 Å². The molecule has 2 rings (SSSR count). The third kappa shape index (κ3) is 6.92. The molecule has 6 heteroatoms. The molecule has 0 radical (unpaired) electrons. The molecule has 0 aromatic heterocycles. The minimum absolute atomic E-state index is 0.0637. The molecule has 0 fully saturated rings. The first-order chi connectivity index (χ1) is 12.2. The smallest absolute Gasteiger partial charge is 0.252 e. The van der Waals surface area contributed by atoms with Crippen molar-refractivity contribution < 1.29 is 14.3 Å². The summed E-state index contributed by atoms with van der Waals surface area (Å²) in [6, 6.07) is 7.42. The number of carbonyl (C=O) groups is 2. The van der Waals surface area contributed by atoms with E-state index in [2.05, 4.69) is 22.8 Å². The number of hydrogen-bond donors (Lipinski definition) is 2. The molecule has 1 aromatic carbocycles. The van der Waals surface area contributed by atoms with Gasteiger partial charge in [0.2, 0.25) is 5.91 Å². The predicted octanol–water partition coefficient (Wildman–Crippen LogP) is 2.63. The van der Waals surface area contributed by atoms with Crippen molar-refractivity contribution >= 4 is 23.6 Å². The van der Waals surface area contributed by atoms with E-state index in [4.69, 9.17) is 4.74 Å². The summed E-state index contributed by atoms with van der Waals surface area (Å²) in [6.45, 7) is 1.68. The Kier molecular flexibility index (Phi) is 8.55. The van der Waals surface area contributed by atoms with Crippen molar-refractivity contribution in [2.45, 2.75) is 24.2 Å². The van der Waals surface area contributed by atoms with Crippen LogP contribution in [0, 0.1) is 5.92 Å². The van der Waals surface area contributed by atoms with E-state index in [1.165, 1.54) is 11.8 Å². The van der Waals surface area contributed by atoms with Crippen LogP contribution in [0.25, 0.3) is 0 Å². The third-order valence-corrected chi connectivity index (χ3v) is 5.12. The lowest BCUT2D eigenvalue weighted by molar-refractivity contribution is -0.118. The largest absolute Gasteiger partial charge is 0.383 e. The van der Waals surface area contributed by atoms with Crippen LogP contribution in [0.4, 0.5) is 0 Å². The van der Waals surface area contributed by atoms with Gasteiger partial charge in [-0.3, -0.25) is 9.59 Å². The van der Waals surface area contributed by atoms with Gasteiger partial charge in [-0.15, -0.1) is 11.8 Å². The Morgan fingerprint density at radius 1 is 1.24 bits per heavy atom. The van der Waals surface area contributed by atoms with E-state index in [9.17, 15) is 9.59 Å². The highest BCUT2D eigenvalue weighted by atomic mass is 32.2. The Morgan fingerprint density at radius 2 is 2.08 bits per heavy atom. The molecule has 2 amide bonds. The number of rotatable bonds is 9. The number of ether oxygens (including phenoxy) is 1. The van der Waals surface area contributed by atoms with E-state index >= 15 is 0 Å². The maximum atomic E-state index is 12.5. The van der Waals surface area contributed by atoms with Crippen molar-refractivity contribution in [3.8, 4) is 0 Å². The topological polar surface area (TPSA) is 67.4 Å². The Hall–Kier alpha value is -1.79. The van der Waals surface area contributed by atoms with Crippen molar-refractivity contribution in [2.75, 3.05) is 32.6 Å². The molecule has 1 atom stereocenters. The van der Waals surface area contributed by atoms with Crippen molar-refractivity contribution in [3.63, 3.8) is 0 Å². The molecular weight excluding hydrogens is 336 g/mol. The Bertz CT molecular complexity index is 604. The molecule has 1 aliphatic rings. The van der Waals surface area contributed by atoms with Gasteiger partial charge in [-0.25, -0.2) is 0 Å². The molecule has 0 spiro atoms. The first kappa shape index (κ1) is 19.5. The predicted molar refractivity (Wildman–Crippen MR) is 101 cm³/mol. The van der Waals surface area contributed by atoms with Gasteiger partial charge in [0, 0.05) is 25.1 Å². The van der Waals surface area contributed by atoms with E-state index in [0.29, 0.717) is 31.2 Å². The summed E-state index contributed by atoms with van der Waals surface area (Å²) in [5.41, 5.74) is 0.628.